The van der Waals surface area contributed by atoms with Crippen molar-refractivity contribution in [1.29, 1.82) is 0 Å². The van der Waals surface area contributed by atoms with Gasteiger partial charge in [-0.25, -0.2) is 0 Å². The molecule has 2 amide bonds. The normalized spacial score (nSPS) is 18.7. The second-order valence-electron chi connectivity index (χ2n) is 5.02. The molecule has 6 heteroatoms. The molecule has 0 aliphatic carbocycles. The van der Waals surface area contributed by atoms with Gasteiger partial charge in [-0.15, -0.1) is 0 Å². The molecule has 0 bridgehead atoms. The molecule has 1 aliphatic heterocycles. The minimum atomic E-state index is -0.813. The minimum absolute atomic E-state index is 0.124. The van der Waals surface area contributed by atoms with E-state index >= 15 is 0 Å². The molecule has 1 aromatic heterocycles. The molecular weight excluding hydrogens is 244 g/mol. The fraction of sp³-hybridized carbons (Fsp3) is 0.462. The van der Waals surface area contributed by atoms with Crippen molar-refractivity contribution in [2.75, 3.05) is 13.1 Å². The number of aryl methyl sites for hydroxylation is 1. The van der Waals surface area contributed by atoms with Gasteiger partial charge in [0.25, 0.3) is 0 Å². The van der Waals surface area contributed by atoms with Gasteiger partial charge in [0.15, 0.2) is 0 Å². The number of nitrogens with one attached hydrogen (secondary N) is 1. The average molecular weight is 262 g/mol. The smallest absolute Gasteiger partial charge is 0.247 e. The number of hydrogen-bond acceptors (Lipinski definition) is 3. The van der Waals surface area contributed by atoms with Crippen LogP contribution in [0.1, 0.15) is 19.5 Å². The first-order valence-electron chi connectivity index (χ1n) is 6.19. The molecule has 1 fully saturated rings. The third-order valence-electron chi connectivity index (χ3n) is 3.37. The molecule has 0 saturated carbocycles. The van der Waals surface area contributed by atoms with E-state index in [0.717, 1.165) is 5.69 Å². The predicted octanol–water partition coefficient (Wildman–Crippen LogP) is 0.170. The van der Waals surface area contributed by atoms with Gasteiger partial charge in [-0.3, -0.25) is 14.3 Å². The highest BCUT2D eigenvalue weighted by atomic mass is 16.2. The van der Waals surface area contributed by atoms with Gasteiger partial charge in [0, 0.05) is 32.4 Å². The summed E-state index contributed by atoms with van der Waals surface area (Å²) in [6.45, 7) is 4.51. The van der Waals surface area contributed by atoms with Crippen LogP contribution in [-0.2, 0) is 16.6 Å². The monoisotopic (exact) mass is 262 g/mol. The number of carbonyl (C=O) groups is 2. The van der Waals surface area contributed by atoms with E-state index in [9.17, 15) is 9.59 Å². The molecule has 2 heterocycles. The summed E-state index contributed by atoms with van der Waals surface area (Å²) in [5.41, 5.74) is 0.0270. The molecule has 0 aromatic carbocycles. The molecule has 1 N–H and O–H groups in total. The van der Waals surface area contributed by atoms with E-state index in [1.807, 2.05) is 13.1 Å². The van der Waals surface area contributed by atoms with E-state index < -0.39 is 5.54 Å². The van der Waals surface area contributed by atoms with Crippen molar-refractivity contribution < 1.29 is 9.59 Å². The van der Waals surface area contributed by atoms with Crippen LogP contribution in [0.4, 0.5) is 0 Å². The van der Waals surface area contributed by atoms with E-state index in [4.69, 9.17) is 0 Å². The van der Waals surface area contributed by atoms with Crippen molar-refractivity contribution in [2.24, 2.45) is 7.05 Å². The van der Waals surface area contributed by atoms with Crippen LogP contribution in [-0.4, -0.2) is 45.1 Å². The number of aromatic nitrogens is 2. The van der Waals surface area contributed by atoms with Gasteiger partial charge in [0.1, 0.15) is 5.54 Å². The Morgan fingerprint density at radius 2 is 2.26 bits per heavy atom. The zero-order chi connectivity index (χ0) is 14.0. The van der Waals surface area contributed by atoms with Crippen molar-refractivity contribution in [3.8, 4) is 0 Å². The van der Waals surface area contributed by atoms with Crippen molar-refractivity contribution in [3.63, 3.8) is 0 Å². The summed E-state index contributed by atoms with van der Waals surface area (Å²) >= 11 is 0. The number of amides is 2. The maximum absolute atomic E-state index is 12.2. The molecule has 6 nitrogen and oxygen atoms in total. The first-order chi connectivity index (χ1) is 8.93. The maximum atomic E-state index is 12.2. The first-order valence-corrected chi connectivity index (χ1v) is 6.19. The van der Waals surface area contributed by atoms with Gasteiger partial charge < -0.3 is 10.2 Å². The molecular formula is C13H18N4O2. The fourth-order valence-electron chi connectivity index (χ4n) is 2.08. The third kappa shape index (κ3) is 2.52. The molecule has 1 aromatic rings. The molecule has 0 unspecified atom stereocenters. The number of rotatable bonds is 2. The Hall–Kier alpha value is -2.11. The van der Waals surface area contributed by atoms with Crippen molar-refractivity contribution >= 4 is 17.9 Å². The van der Waals surface area contributed by atoms with Gasteiger partial charge in [-0.2, -0.15) is 5.10 Å². The Balaban J connectivity index is 2.14. The van der Waals surface area contributed by atoms with E-state index in [1.54, 1.807) is 35.7 Å². The molecule has 102 valence electrons. The second kappa shape index (κ2) is 4.87. The maximum Gasteiger partial charge on any atom is 0.247 e. The Bertz CT molecular complexity index is 531. The van der Waals surface area contributed by atoms with Crippen molar-refractivity contribution in [2.45, 2.75) is 19.4 Å². The van der Waals surface area contributed by atoms with Crippen LogP contribution in [0.3, 0.4) is 0 Å². The topological polar surface area (TPSA) is 67.2 Å². The van der Waals surface area contributed by atoms with Crippen LogP contribution in [0.2, 0.25) is 0 Å². The van der Waals surface area contributed by atoms with E-state index in [-0.39, 0.29) is 11.8 Å². The largest absolute Gasteiger partial charge is 0.352 e. The number of hydrogen-bond donors (Lipinski definition) is 1. The van der Waals surface area contributed by atoms with Gasteiger partial charge in [-0.05, 0) is 26.0 Å². The van der Waals surface area contributed by atoms with E-state index in [1.165, 1.54) is 6.08 Å². The summed E-state index contributed by atoms with van der Waals surface area (Å²) in [4.78, 5) is 25.6. The zero-order valence-electron chi connectivity index (χ0n) is 11.4. The Morgan fingerprint density at radius 3 is 2.89 bits per heavy atom. The average Bonchev–Trinajstić information content (AvgIpc) is 2.75. The number of piperazine rings is 1. The molecule has 0 radical (unpaired) electrons. The van der Waals surface area contributed by atoms with Crippen LogP contribution >= 0.6 is 0 Å². The standard InChI is InChI=1S/C13H18N4O2/c1-13(2)12(19)14-8-9-17(13)11(18)5-4-10-6-7-15-16(10)3/h4-7H,8-9H2,1-3H3,(H,14,19)/b5-4+. The summed E-state index contributed by atoms with van der Waals surface area (Å²) in [7, 11) is 1.81. The SMILES string of the molecule is Cn1nccc1/C=C/C(=O)N1CCNC(=O)C1(C)C. The van der Waals surface area contributed by atoms with E-state index in [0.29, 0.717) is 13.1 Å². The highest BCUT2D eigenvalue weighted by molar-refractivity contribution is 5.97. The summed E-state index contributed by atoms with van der Waals surface area (Å²) < 4.78 is 1.68. The van der Waals surface area contributed by atoms with Gasteiger partial charge in [0.2, 0.25) is 11.8 Å². The molecule has 2 rings (SSSR count). The van der Waals surface area contributed by atoms with Gasteiger partial charge >= 0.3 is 0 Å². The molecule has 0 atom stereocenters. The molecule has 19 heavy (non-hydrogen) atoms. The summed E-state index contributed by atoms with van der Waals surface area (Å²) in [6.07, 6.45) is 4.86. The summed E-state index contributed by atoms with van der Waals surface area (Å²) in [6, 6.07) is 1.82. The lowest BCUT2D eigenvalue weighted by atomic mass is 9.99. The Labute approximate surface area is 112 Å². The number of nitrogens with zero attached hydrogens (tertiary/aromatic N) is 3. The quantitative estimate of drug-likeness (QED) is 0.773. The first kappa shape index (κ1) is 13.3. The lowest BCUT2D eigenvalue weighted by molar-refractivity contribution is -0.146. The molecule has 1 aliphatic rings. The highest BCUT2D eigenvalue weighted by Crippen LogP contribution is 2.18. The summed E-state index contributed by atoms with van der Waals surface area (Å²) in [5.74, 6) is -0.290. The zero-order valence-corrected chi connectivity index (χ0v) is 11.4. The van der Waals surface area contributed by atoms with E-state index in [2.05, 4.69) is 10.4 Å². The highest BCUT2D eigenvalue weighted by Gasteiger charge is 2.39. The van der Waals surface area contributed by atoms with Crippen molar-refractivity contribution in [1.82, 2.24) is 20.0 Å². The predicted molar refractivity (Wildman–Crippen MR) is 71.0 cm³/mol. The van der Waals surface area contributed by atoms with Crippen LogP contribution < -0.4 is 5.32 Å². The van der Waals surface area contributed by atoms with Crippen LogP contribution in [0, 0.1) is 0 Å². The summed E-state index contributed by atoms with van der Waals surface area (Å²) in [5, 5.41) is 6.79. The molecule has 1 saturated heterocycles. The van der Waals surface area contributed by atoms with Crippen LogP contribution in [0.15, 0.2) is 18.3 Å². The lowest BCUT2D eigenvalue weighted by Gasteiger charge is -2.40. The van der Waals surface area contributed by atoms with Crippen LogP contribution in [0.25, 0.3) is 6.08 Å². The Morgan fingerprint density at radius 1 is 1.53 bits per heavy atom. The minimum Gasteiger partial charge on any atom is -0.352 e. The second-order valence-corrected chi connectivity index (χ2v) is 5.02. The fourth-order valence-corrected chi connectivity index (χ4v) is 2.08. The Kier molecular flexibility index (Phi) is 3.42. The lowest BCUT2D eigenvalue weighted by Crippen LogP contribution is -2.63. The van der Waals surface area contributed by atoms with Gasteiger partial charge in [0.05, 0.1) is 5.69 Å². The molecule has 0 spiro atoms. The van der Waals surface area contributed by atoms with Gasteiger partial charge in [-0.1, -0.05) is 0 Å². The van der Waals surface area contributed by atoms with Crippen LogP contribution in [0.5, 0.6) is 0 Å². The third-order valence-corrected chi connectivity index (χ3v) is 3.37. The van der Waals surface area contributed by atoms with Crippen molar-refractivity contribution in [3.05, 3.63) is 24.0 Å². The number of carbonyl (C=O) groups excluding carboxylic acids is 2.